The quantitative estimate of drug-likeness (QED) is 0.654. The Balaban J connectivity index is 2.02. The van der Waals surface area contributed by atoms with Crippen LogP contribution in [0.5, 0.6) is 0 Å². The number of aryl methyl sites for hydroxylation is 1. The van der Waals surface area contributed by atoms with Crippen molar-refractivity contribution in [3.63, 3.8) is 0 Å². The standard InChI is InChI=1S/C18H14Cl2N2O3/c1-9-16(21-10(2)23)11-5-3-8-14(17(11)25-9)22-18(24)15-12(19)6-4-7-13(15)20/h3-8H,1-2H3,(H,21,23)(H,22,24). The molecule has 2 amide bonds. The van der Waals surface area contributed by atoms with Gasteiger partial charge < -0.3 is 15.1 Å². The molecule has 128 valence electrons. The number of carbonyl (C=O) groups is 2. The van der Waals surface area contributed by atoms with Crippen molar-refractivity contribution in [2.45, 2.75) is 13.8 Å². The fourth-order valence-electron chi connectivity index (χ4n) is 2.57. The number of furan rings is 1. The molecule has 0 saturated carbocycles. The number of hydrogen-bond donors (Lipinski definition) is 2. The lowest BCUT2D eigenvalue weighted by Gasteiger charge is -2.09. The Labute approximate surface area is 153 Å². The SMILES string of the molecule is CC(=O)Nc1c(C)oc2c(NC(=O)c3c(Cl)cccc3Cl)cccc12. The third kappa shape index (κ3) is 3.34. The zero-order valence-corrected chi connectivity index (χ0v) is 15.0. The van der Waals surface area contributed by atoms with Crippen LogP contribution in [0.15, 0.2) is 40.8 Å². The average molecular weight is 377 g/mol. The zero-order valence-electron chi connectivity index (χ0n) is 13.4. The number of anilines is 2. The fraction of sp³-hybridized carbons (Fsp3) is 0.111. The molecule has 1 aromatic heterocycles. The van der Waals surface area contributed by atoms with E-state index in [1.165, 1.54) is 6.92 Å². The lowest BCUT2D eigenvalue weighted by molar-refractivity contribution is -0.114. The Hall–Kier alpha value is -2.50. The van der Waals surface area contributed by atoms with Crippen molar-refractivity contribution in [2.75, 3.05) is 10.6 Å². The maximum absolute atomic E-state index is 12.6. The molecule has 0 atom stereocenters. The molecule has 0 bridgehead atoms. The van der Waals surface area contributed by atoms with Gasteiger partial charge in [0, 0.05) is 12.3 Å². The summed E-state index contributed by atoms with van der Waals surface area (Å²) in [6.07, 6.45) is 0. The Morgan fingerprint density at radius 2 is 1.64 bits per heavy atom. The minimum Gasteiger partial charge on any atom is -0.457 e. The molecule has 0 aliphatic rings. The molecule has 1 heterocycles. The first-order chi connectivity index (χ1) is 11.9. The Kier molecular flexibility index (Phi) is 4.70. The molecular formula is C18H14Cl2N2O3. The smallest absolute Gasteiger partial charge is 0.258 e. The van der Waals surface area contributed by atoms with Crippen molar-refractivity contribution >= 4 is 57.4 Å². The largest absolute Gasteiger partial charge is 0.457 e. The van der Waals surface area contributed by atoms with Gasteiger partial charge >= 0.3 is 0 Å². The van der Waals surface area contributed by atoms with Crippen molar-refractivity contribution in [2.24, 2.45) is 0 Å². The number of halogens is 2. The van der Waals surface area contributed by atoms with Gasteiger partial charge in [0.2, 0.25) is 5.91 Å². The average Bonchev–Trinajstić information content (AvgIpc) is 2.84. The van der Waals surface area contributed by atoms with E-state index in [0.717, 1.165) is 0 Å². The first-order valence-electron chi connectivity index (χ1n) is 7.43. The highest BCUT2D eigenvalue weighted by molar-refractivity contribution is 6.40. The second-order valence-electron chi connectivity index (χ2n) is 5.45. The summed E-state index contributed by atoms with van der Waals surface area (Å²) < 4.78 is 5.73. The second kappa shape index (κ2) is 6.78. The molecule has 0 saturated heterocycles. The lowest BCUT2D eigenvalue weighted by Crippen LogP contribution is -2.13. The van der Waals surface area contributed by atoms with E-state index in [-0.39, 0.29) is 21.5 Å². The van der Waals surface area contributed by atoms with Crippen molar-refractivity contribution in [3.05, 3.63) is 57.8 Å². The van der Waals surface area contributed by atoms with Gasteiger partial charge in [-0.2, -0.15) is 0 Å². The first kappa shape index (κ1) is 17.3. The van der Waals surface area contributed by atoms with Gasteiger partial charge in [-0.1, -0.05) is 35.3 Å². The Bertz CT molecular complexity index is 975. The highest BCUT2D eigenvalue weighted by atomic mass is 35.5. The van der Waals surface area contributed by atoms with Gasteiger partial charge in [-0.3, -0.25) is 9.59 Å². The third-order valence-electron chi connectivity index (χ3n) is 3.63. The van der Waals surface area contributed by atoms with Crippen LogP contribution >= 0.6 is 23.2 Å². The monoisotopic (exact) mass is 376 g/mol. The van der Waals surface area contributed by atoms with Gasteiger partial charge in [-0.15, -0.1) is 0 Å². The molecule has 7 heteroatoms. The summed E-state index contributed by atoms with van der Waals surface area (Å²) in [6.45, 7) is 3.16. The van der Waals surface area contributed by atoms with Crippen LogP contribution in [0.25, 0.3) is 11.0 Å². The summed E-state index contributed by atoms with van der Waals surface area (Å²) in [4.78, 5) is 24.0. The van der Waals surface area contributed by atoms with Crippen molar-refractivity contribution in [1.82, 2.24) is 0 Å². The summed E-state index contributed by atoms with van der Waals surface area (Å²) >= 11 is 12.2. The first-order valence-corrected chi connectivity index (χ1v) is 8.19. The van der Waals surface area contributed by atoms with E-state index in [4.69, 9.17) is 27.6 Å². The van der Waals surface area contributed by atoms with E-state index < -0.39 is 5.91 Å². The van der Waals surface area contributed by atoms with Crippen molar-refractivity contribution in [3.8, 4) is 0 Å². The number of amides is 2. The molecule has 0 radical (unpaired) electrons. The van der Waals surface area contributed by atoms with Gasteiger partial charge in [0.1, 0.15) is 5.76 Å². The summed E-state index contributed by atoms with van der Waals surface area (Å²) in [6, 6.07) is 10.1. The van der Waals surface area contributed by atoms with E-state index in [9.17, 15) is 9.59 Å². The molecule has 0 unspecified atom stereocenters. The molecule has 5 nitrogen and oxygen atoms in total. The maximum atomic E-state index is 12.6. The number of para-hydroxylation sites is 1. The van der Waals surface area contributed by atoms with Crippen molar-refractivity contribution in [1.29, 1.82) is 0 Å². The molecule has 2 N–H and O–H groups in total. The van der Waals surface area contributed by atoms with Crippen LogP contribution in [-0.2, 0) is 4.79 Å². The number of hydrogen-bond acceptors (Lipinski definition) is 3. The molecule has 3 rings (SSSR count). The molecule has 0 aliphatic heterocycles. The Morgan fingerprint density at radius 3 is 2.28 bits per heavy atom. The molecule has 3 aromatic rings. The zero-order chi connectivity index (χ0) is 18.1. The van der Waals surface area contributed by atoms with Gasteiger partial charge in [0.15, 0.2) is 5.58 Å². The minimum atomic E-state index is -0.446. The lowest BCUT2D eigenvalue weighted by atomic mass is 10.1. The number of nitrogens with one attached hydrogen (secondary N) is 2. The van der Waals surface area contributed by atoms with Gasteiger partial charge in [0.25, 0.3) is 5.91 Å². The van der Waals surface area contributed by atoms with Crippen LogP contribution in [0, 0.1) is 6.92 Å². The second-order valence-corrected chi connectivity index (χ2v) is 6.26. The molecule has 25 heavy (non-hydrogen) atoms. The summed E-state index contributed by atoms with van der Waals surface area (Å²) in [7, 11) is 0. The van der Waals surface area contributed by atoms with E-state index in [1.54, 1.807) is 43.3 Å². The van der Waals surface area contributed by atoms with E-state index in [0.29, 0.717) is 28.1 Å². The van der Waals surface area contributed by atoms with Crippen LogP contribution in [0.1, 0.15) is 23.0 Å². The third-order valence-corrected chi connectivity index (χ3v) is 4.26. The Morgan fingerprint density at radius 1 is 1.00 bits per heavy atom. The number of fused-ring (bicyclic) bond motifs is 1. The van der Waals surface area contributed by atoms with Crippen LogP contribution in [0.3, 0.4) is 0 Å². The topological polar surface area (TPSA) is 71.3 Å². The number of benzene rings is 2. The molecular weight excluding hydrogens is 363 g/mol. The fourth-order valence-corrected chi connectivity index (χ4v) is 3.14. The van der Waals surface area contributed by atoms with Crippen LogP contribution in [0.2, 0.25) is 10.0 Å². The summed E-state index contributed by atoms with van der Waals surface area (Å²) in [5.41, 5.74) is 1.68. The minimum absolute atomic E-state index is 0.188. The van der Waals surface area contributed by atoms with Crippen LogP contribution in [0.4, 0.5) is 11.4 Å². The molecule has 0 fully saturated rings. The van der Waals surface area contributed by atoms with Crippen molar-refractivity contribution < 1.29 is 14.0 Å². The highest BCUT2D eigenvalue weighted by Crippen LogP contribution is 2.35. The normalized spacial score (nSPS) is 10.7. The van der Waals surface area contributed by atoms with E-state index in [2.05, 4.69) is 10.6 Å². The highest BCUT2D eigenvalue weighted by Gasteiger charge is 2.19. The summed E-state index contributed by atoms with van der Waals surface area (Å²) in [5, 5.41) is 6.70. The van der Waals surface area contributed by atoms with E-state index in [1.807, 2.05) is 0 Å². The molecule has 0 aliphatic carbocycles. The van der Waals surface area contributed by atoms with Crippen LogP contribution in [-0.4, -0.2) is 11.8 Å². The number of rotatable bonds is 3. The molecule has 0 spiro atoms. The van der Waals surface area contributed by atoms with Gasteiger partial charge in [0.05, 0.1) is 27.0 Å². The summed E-state index contributed by atoms with van der Waals surface area (Å²) in [5.74, 6) is -0.107. The predicted molar refractivity (Wildman–Crippen MR) is 99.7 cm³/mol. The maximum Gasteiger partial charge on any atom is 0.258 e. The van der Waals surface area contributed by atoms with Gasteiger partial charge in [-0.25, -0.2) is 0 Å². The van der Waals surface area contributed by atoms with E-state index >= 15 is 0 Å². The molecule has 2 aromatic carbocycles. The van der Waals surface area contributed by atoms with Crippen LogP contribution < -0.4 is 10.6 Å². The van der Waals surface area contributed by atoms with Gasteiger partial charge in [-0.05, 0) is 31.2 Å². The number of carbonyl (C=O) groups excluding carboxylic acids is 2. The predicted octanol–water partition coefficient (Wildman–Crippen LogP) is 5.26.